The van der Waals surface area contributed by atoms with Crippen LogP contribution in [0.2, 0.25) is 0 Å². The zero-order chi connectivity index (χ0) is 15.0. The van der Waals surface area contributed by atoms with Crippen LogP contribution in [-0.4, -0.2) is 36.9 Å². The van der Waals surface area contributed by atoms with E-state index in [4.69, 9.17) is 4.74 Å². The summed E-state index contributed by atoms with van der Waals surface area (Å²) in [5.74, 6) is -0.0881. The molecule has 0 saturated carbocycles. The van der Waals surface area contributed by atoms with Crippen molar-refractivity contribution in [2.45, 2.75) is 32.9 Å². The molecule has 3 N–H and O–H groups in total. The van der Waals surface area contributed by atoms with E-state index >= 15 is 0 Å². The molecule has 2 unspecified atom stereocenters. The zero-order valence-electron chi connectivity index (χ0n) is 12.3. The van der Waals surface area contributed by atoms with Crippen LogP contribution >= 0.6 is 0 Å². The van der Waals surface area contributed by atoms with Crippen LogP contribution in [0.15, 0.2) is 24.3 Å². The second-order valence-corrected chi connectivity index (χ2v) is 4.75. The van der Waals surface area contributed by atoms with Gasteiger partial charge in [-0.15, -0.1) is 0 Å². The van der Waals surface area contributed by atoms with Crippen molar-refractivity contribution in [3.8, 4) is 0 Å². The zero-order valence-corrected chi connectivity index (χ0v) is 12.3. The van der Waals surface area contributed by atoms with Crippen molar-refractivity contribution in [3.63, 3.8) is 0 Å². The van der Waals surface area contributed by atoms with E-state index < -0.39 is 6.10 Å². The van der Waals surface area contributed by atoms with Crippen molar-refractivity contribution < 1.29 is 14.6 Å². The normalized spacial score (nSPS) is 13.8. The topological polar surface area (TPSA) is 70.6 Å². The van der Waals surface area contributed by atoms with Crippen LogP contribution in [0.4, 0.5) is 5.69 Å². The van der Waals surface area contributed by atoms with Crippen LogP contribution in [0.25, 0.3) is 0 Å². The van der Waals surface area contributed by atoms with E-state index in [1.54, 1.807) is 0 Å². The second-order valence-electron chi connectivity index (χ2n) is 4.75. The van der Waals surface area contributed by atoms with E-state index in [1.807, 2.05) is 38.1 Å². The largest absolute Gasteiger partial charge is 0.389 e. The Balaban J connectivity index is 2.50. The summed E-state index contributed by atoms with van der Waals surface area (Å²) in [6.45, 7) is 6.80. The first-order valence-corrected chi connectivity index (χ1v) is 6.89. The Kier molecular flexibility index (Phi) is 7.22. The molecule has 0 spiro atoms. The van der Waals surface area contributed by atoms with Gasteiger partial charge in [-0.3, -0.25) is 4.79 Å². The number of rotatable bonds is 8. The van der Waals surface area contributed by atoms with Crippen LogP contribution in [-0.2, 0) is 9.53 Å². The predicted molar refractivity (Wildman–Crippen MR) is 79.7 cm³/mol. The van der Waals surface area contributed by atoms with Crippen molar-refractivity contribution >= 4 is 11.6 Å². The standard InChI is InChI=1S/C15H24N2O3/c1-4-20-10-15(19)9-16-11(2)13-6-5-7-14(8-13)17-12(3)18/h5-8,11,15-16,19H,4,9-10H2,1-3H3,(H,17,18). The molecule has 0 fully saturated rings. The lowest BCUT2D eigenvalue weighted by Crippen LogP contribution is -2.32. The van der Waals surface area contributed by atoms with Gasteiger partial charge in [-0.25, -0.2) is 0 Å². The molecule has 0 aliphatic heterocycles. The Hall–Kier alpha value is -1.43. The van der Waals surface area contributed by atoms with Crippen molar-refractivity contribution in [2.24, 2.45) is 0 Å². The van der Waals surface area contributed by atoms with E-state index in [0.29, 0.717) is 19.8 Å². The van der Waals surface area contributed by atoms with Crippen molar-refractivity contribution in [2.75, 3.05) is 25.1 Å². The van der Waals surface area contributed by atoms with Crippen molar-refractivity contribution in [1.29, 1.82) is 0 Å². The summed E-state index contributed by atoms with van der Waals surface area (Å²) < 4.78 is 5.16. The third-order valence-corrected chi connectivity index (χ3v) is 2.88. The van der Waals surface area contributed by atoms with Crippen LogP contribution < -0.4 is 10.6 Å². The molecule has 1 aromatic carbocycles. The number of carbonyl (C=O) groups excluding carboxylic acids is 1. The lowest BCUT2D eigenvalue weighted by molar-refractivity contribution is -0.114. The Morgan fingerprint density at radius 2 is 2.20 bits per heavy atom. The number of hydrogen-bond acceptors (Lipinski definition) is 4. The number of anilines is 1. The Labute approximate surface area is 120 Å². The molecule has 0 bridgehead atoms. The molecule has 0 saturated heterocycles. The average Bonchev–Trinajstić information content (AvgIpc) is 2.42. The number of hydrogen-bond donors (Lipinski definition) is 3. The minimum atomic E-state index is -0.518. The highest BCUT2D eigenvalue weighted by Gasteiger charge is 2.09. The van der Waals surface area contributed by atoms with Gasteiger partial charge in [0.25, 0.3) is 0 Å². The van der Waals surface area contributed by atoms with Crippen molar-refractivity contribution in [3.05, 3.63) is 29.8 Å². The monoisotopic (exact) mass is 280 g/mol. The molecule has 2 atom stereocenters. The summed E-state index contributed by atoms with van der Waals surface area (Å²) in [4.78, 5) is 11.0. The lowest BCUT2D eigenvalue weighted by atomic mass is 10.1. The van der Waals surface area contributed by atoms with Gasteiger partial charge in [0.05, 0.1) is 12.7 Å². The van der Waals surface area contributed by atoms with E-state index in [0.717, 1.165) is 11.3 Å². The minimum absolute atomic E-state index is 0.0833. The molecule has 0 aliphatic carbocycles. The van der Waals surface area contributed by atoms with Gasteiger partial charge in [-0.2, -0.15) is 0 Å². The van der Waals surface area contributed by atoms with Gasteiger partial charge in [-0.05, 0) is 31.5 Å². The predicted octanol–water partition coefficient (Wildman–Crippen LogP) is 1.69. The van der Waals surface area contributed by atoms with E-state index in [1.165, 1.54) is 6.92 Å². The summed E-state index contributed by atoms with van der Waals surface area (Å²) in [6.07, 6.45) is -0.518. The fourth-order valence-corrected chi connectivity index (χ4v) is 1.83. The first-order chi connectivity index (χ1) is 9.52. The number of aliphatic hydroxyl groups excluding tert-OH is 1. The first kappa shape index (κ1) is 16.6. The van der Waals surface area contributed by atoms with Crippen LogP contribution in [0.5, 0.6) is 0 Å². The number of amides is 1. The molecule has 5 nitrogen and oxygen atoms in total. The second kappa shape index (κ2) is 8.68. The van der Waals surface area contributed by atoms with E-state index in [-0.39, 0.29) is 11.9 Å². The highest BCUT2D eigenvalue weighted by atomic mass is 16.5. The third-order valence-electron chi connectivity index (χ3n) is 2.88. The molecule has 5 heteroatoms. The molecule has 0 aromatic heterocycles. The summed E-state index contributed by atoms with van der Waals surface area (Å²) in [5, 5.41) is 15.7. The summed E-state index contributed by atoms with van der Waals surface area (Å²) in [7, 11) is 0. The van der Waals surface area contributed by atoms with Gasteiger partial charge in [0, 0.05) is 31.8 Å². The van der Waals surface area contributed by atoms with Crippen molar-refractivity contribution in [1.82, 2.24) is 5.32 Å². The van der Waals surface area contributed by atoms with Gasteiger partial charge in [0.2, 0.25) is 5.91 Å². The number of benzene rings is 1. The highest BCUT2D eigenvalue weighted by Crippen LogP contribution is 2.17. The molecule has 1 amide bonds. The van der Waals surface area contributed by atoms with Gasteiger partial charge >= 0.3 is 0 Å². The Morgan fingerprint density at radius 1 is 1.45 bits per heavy atom. The number of aliphatic hydroxyl groups is 1. The maximum atomic E-state index is 11.0. The molecule has 20 heavy (non-hydrogen) atoms. The van der Waals surface area contributed by atoms with Crippen LogP contribution in [0, 0.1) is 0 Å². The first-order valence-electron chi connectivity index (χ1n) is 6.89. The smallest absolute Gasteiger partial charge is 0.221 e. The van der Waals surface area contributed by atoms with Gasteiger partial charge in [0.15, 0.2) is 0 Å². The SMILES string of the molecule is CCOCC(O)CNC(C)c1cccc(NC(C)=O)c1. The summed E-state index contributed by atoms with van der Waals surface area (Å²) >= 11 is 0. The maximum absolute atomic E-state index is 11.0. The van der Waals surface area contributed by atoms with E-state index in [9.17, 15) is 9.90 Å². The van der Waals surface area contributed by atoms with E-state index in [2.05, 4.69) is 10.6 Å². The fraction of sp³-hybridized carbons (Fsp3) is 0.533. The Bertz CT molecular complexity index is 423. The Morgan fingerprint density at radius 3 is 2.85 bits per heavy atom. The highest BCUT2D eigenvalue weighted by molar-refractivity contribution is 5.88. The molecule has 1 rings (SSSR count). The molecule has 0 aliphatic rings. The quantitative estimate of drug-likeness (QED) is 0.678. The number of carbonyl (C=O) groups is 1. The fourth-order valence-electron chi connectivity index (χ4n) is 1.83. The maximum Gasteiger partial charge on any atom is 0.221 e. The molecule has 1 aromatic rings. The third kappa shape index (κ3) is 6.14. The molecular weight excluding hydrogens is 256 g/mol. The minimum Gasteiger partial charge on any atom is -0.389 e. The molecular formula is C15H24N2O3. The average molecular weight is 280 g/mol. The van der Waals surface area contributed by atoms with Crippen LogP contribution in [0.1, 0.15) is 32.4 Å². The number of nitrogens with one attached hydrogen (secondary N) is 2. The van der Waals surface area contributed by atoms with Gasteiger partial charge in [-0.1, -0.05) is 12.1 Å². The molecule has 0 radical (unpaired) electrons. The van der Waals surface area contributed by atoms with Gasteiger partial charge < -0.3 is 20.5 Å². The summed E-state index contributed by atoms with van der Waals surface area (Å²) in [5.41, 5.74) is 1.83. The molecule has 112 valence electrons. The lowest BCUT2D eigenvalue weighted by Gasteiger charge is -2.18. The number of ether oxygens (including phenoxy) is 1. The molecule has 0 heterocycles. The van der Waals surface area contributed by atoms with Gasteiger partial charge in [0.1, 0.15) is 0 Å². The summed E-state index contributed by atoms with van der Waals surface area (Å²) in [6, 6.07) is 7.74. The van der Waals surface area contributed by atoms with Crippen LogP contribution in [0.3, 0.4) is 0 Å².